The van der Waals surface area contributed by atoms with Crippen LogP contribution < -0.4 is 0 Å². The second-order valence-electron chi connectivity index (χ2n) is 9.03. The summed E-state index contributed by atoms with van der Waals surface area (Å²) in [7, 11) is 0. The average molecular weight is 396 g/mol. The van der Waals surface area contributed by atoms with E-state index in [0.717, 1.165) is 35.6 Å². The van der Waals surface area contributed by atoms with E-state index in [1.807, 2.05) is 48.2 Å². The molecule has 1 aromatic heterocycles. The van der Waals surface area contributed by atoms with Crippen molar-refractivity contribution in [3.05, 3.63) is 58.9 Å². The summed E-state index contributed by atoms with van der Waals surface area (Å²) < 4.78 is 2.24. The van der Waals surface area contributed by atoms with E-state index < -0.39 is 0 Å². The Hall–Kier alpha value is -2.40. The second-order valence-corrected chi connectivity index (χ2v) is 9.03. The van der Waals surface area contributed by atoms with Gasteiger partial charge in [0.25, 0.3) is 0 Å². The molecule has 0 atom stereocenters. The molecule has 0 aliphatic carbocycles. The monoisotopic (exact) mass is 395 g/mol. The predicted octanol–water partition coefficient (Wildman–Crippen LogP) is 3.43. The highest BCUT2D eigenvalue weighted by Gasteiger charge is 2.26. The Bertz CT molecular complexity index is 870. The summed E-state index contributed by atoms with van der Waals surface area (Å²) in [6.07, 6.45) is 0.443. The molecular weight excluding hydrogens is 362 g/mol. The fraction of sp³-hybridized carbons (Fsp3) is 0.500. The average Bonchev–Trinajstić information content (AvgIpc) is 2.97. The minimum Gasteiger partial charge on any atom is -0.343 e. The van der Waals surface area contributed by atoms with Crippen LogP contribution in [0.5, 0.6) is 0 Å². The number of Topliss-reactive ketones (excluding diaryl/α,β-unsaturated/α-hetero) is 1. The van der Waals surface area contributed by atoms with Crippen molar-refractivity contribution in [1.82, 2.24) is 14.4 Å². The van der Waals surface area contributed by atoms with Gasteiger partial charge >= 0.3 is 0 Å². The lowest BCUT2D eigenvalue weighted by Gasteiger charge is -2.34. The molecule has 156 valence electrons. The number of hydrogen-bond donors (Lipinski definition) is 0. The first kappa shape index (κ1) is 21.3. The van der Waals surface area contributed by atoms with Gasteiger partial charge in [0.05, 0.1) is 13.0 Å². The zero-order chi connectivity index (χ0) is 21.2. The van der Waals surface area contributed by atoms with Crippen LogP contribution in [0.15, 0.2) is 36.4 Å². The maximum Gasteiger partial charge on any atom is 0.227 e. The number of benzene rings is 1. The lowest BCUT2D eigenvalue weighted by atomic mass is 10.1. The van der Waals surface area contributed by atoms with Gasteiger partial charge in [-0.25, -0.2) is 0 Å². The fourth-order valence-corrected chi connectivity index (χ4v) is 4.40. The molecule has 0 saturated carbocycles. The van der Waals surface area contributed by atoms with Crippen LogP contribution in [0.3, 0.4) is 0 Å². The number of carbonyl (C=O) groups excluding carboxylic acids is 2. The summed E-state index contributed by atoms with van der Waals surface area (Å²) >= 11 is 0. The molecule has 5 nitrogen and oxygen atoms in total. The van der Waals surface area contributed by atoms with Crippen LogP contribution in [0.1, 0.15) is 48.1 Å². The molecule has 0 radical (unpaired) electrons. The Morgan fingerprint density at radius 1 is 0.966 bits per heavy atom. The third-order valence-corrected chi connectivity index (χ3v) is 5.69. The number of aromatic nitrogens is 1. The van der Waals surface area contributed by atoms with Gasteiger partial charge in [-0.2, -0.15) is 0 Å². The number of piperazine rings is 1. The molecule has 1 amide bonds. The van der Waals surface area contributed by atoms with Crippen molar-refractivity contribution in [3.8, 4) is 0 Å². The third-order valence-electron chi connectivity index (χ3n) is 5.69. The van der Waals surface area contributed by atoms with E-state index in [0.29, 0.717) is 26.1 Å². The van der Waals surface area contributed by atoms with Crippen LogP contribution in [0.2, 0.25) is 0 Å². The zero-order valence-corrected chi connectivity index (χ0v) is 18.4. The van der Waals surface area contributed by atoms with Gasteiger partial charge in [0.15, 0.2) is 5.78 Å². The minimum atomic E-state index is -0.0442. The summed E-state index contributed by atoms with van der Waals surface area (Å²) in [4.78, 5) is 29.6. The largest absolute Gasteiger partial charge is 0.343 e. The van der Waals surface area contributed by atoms with Crippen molar-refractivity contribution >= 4 is 11.7 Å². The van der Waals surface area contributed by atoms with Gasteiger partial charge in [-0.1, -0.05) is 30.3 Å². The van der Waals surface area contributed by atoms with Gasteiger partial charge in [0.1, 0.15) is 0 Å². The molecule has 1 saturated heterocycles. The molecule has 1 aromatic carbocycles. The first-order valence-electron chi connectivity index (χ1n) is 10.4. The van der Waals surface area contributed by atoms with Gasteiger partial charge in [0, 0.05) is 48.7 Å². The first-order chi connectivity index (χ1) is 13.7. The van der Waals surface area contributed by atoms with Gasteiger partial charge in [-0.3, -0.25) is 14.5 Å². The molecule has 0 bridgehead atoms. The van der Waals surface area contributed by atoms with E-state index in [2.05, 4.69) is 37.2 Å². The van der Waals surface area contributed by atoms with E-state index in [9.17, 15) is 9.59 Å². The summed E-state index contributed by atoms with van der Waals surface area (Å²) in [6, 6.07) is 11.9. The number of nitrogens with zero attached hydrogens (tertiary/aromatic N) is 3. The molecule has 5 heteroatoms. The number of hydrogen-bond acceptors (Lipinski definition) is 3. The Labute approximate surface area is 174 Å². The van der Waals surface area contributed by atoms with E-state index >= 15 is 0 Å². The zero-order valence-electron chi connectivity index (χ0n) is 18.4. The van der Waals surface area contributed by atoms with Gasteiger partial charge in [-0.15, -0.1) is 0 Å². The van der Waals surface area contributed by atoms with E-state index in [1.54, 1.807) is 0 Å². The normalized spacial score (nSPS) is 15.6. The lowest BCUT2D eigenvalue weighted by Crippen LogP contribution is -2.50. The van der Waals surface area contributed by atoms with Gasteiger partial charge in [0.2, 0.25) is 5.91 Å². The third kappa shape index (κ3) is 4.96. The van der Waals surface area contributed by atoms with Crippen LogP contribution in [0.4, 0.5) is 0 Å². The number of ketones is 1. The van der Waals surface area contributed by atoms with Crippen LogP contribution >= 0.6 is 0 Å². The minimum absolute atomic E-state index is 0.0442. The maximum atomic E-state index is 12.9. The summed E-state index contributed by atoms with van der Waals surface area (Å²) in [6.45, 7) is 13.8. The molecular formula is C24H33N3O2. The van der Waals surface area contributed by atoms with Crippen molar-refractivity contribution in [2.45, 2.75) is 46.6 Å². The Morgan fingerprint density at radius 2 is 1.59 bits per heavy atom. The smallest absolute Gasteiger partial charge is 0.227 e. The fourth-order valence-electron chi connectivity index (χ4n) is 4.40. The molecule has 2 aromatic rings. The van der Waals surface area contributed by atoms with Gasteiger partial charge in [-0.05, 0) is 46.2 Å². The SMILES string of the molecule is Cc1cc(C(=O)CN2CCN(C(=O)Cc3ccccc3)CC2)c(C)n1C(C)(C)C. The Kier molecular flexibility index (Phi) is 6.27. The molecule has 1 aliphatic rings. The van der Waals surface area contributed by atoms with E-state index in [1.165, 1.54) is 0 Å². The van der Waals surface area contributed by atoms with Crippen LogP contribution in [0, 0.1) is 13.8 Å². The summed E-state index contributed by atoms with van der Waals surface area (Å²) in [5.74, 6) is 0.327. The van der Waals surface area contributed by atoms with Crippen molar-refractivity contribution in [3.63, 3.8) is 0 Å². The molecule has 0 N–H and O–H groups in total. The first-order valence-corrected chi connectivity index (χ1v) is 10.4. The maximum absolute atomic E-state index is 12.9. The van der Waals surface area contributed by atoms with Crippen molar-refractivity contribution in [2.24, 2.45) is 0 Å². The molecule has 29 heavy (non-hydrogen) atoms. The number of aryl methyl sites for hydroxylation is 1. The molecule has 3 rings (SSSR count). The topological polar surface area (TPSA) is 45.6 Å². The molecule has 1 aliphatic heterocycles. The molecule has 0 unspecified atom stereocenters. The summed E-state index contributed by atoms with van der Waals surface area (Å²) in [5, 5.41) is 0. The highest BCUT2D eigenvalue weighted by atomic mass is 16.2. The van der Waals surface area contributed by atoms with Crippen molar-refractivity contribution < 1.29 is 9.59 Å². The highest BCUT2D eigenvalue weighted by molar-refractivity contribution is 5.99. The number of carbonyl (C=O) groups is 2. The number of amides is 1. The number of rotatable bonds is 5. The predicted molar refractivity (Wildman–Crippen MR) is 116 cm³/mol. The Balaban J connectivity index is 1.56. The van der Waals surface area contributed by atoms with Crippen LogP contribution in [-0.2, 0) is 16.8 Å². The quantitative estimate of drug-likeness (QED) is 0.729. The molecule has 2 heterocycles. The lowest BCUT2D eigenvalue weighted by molar-refractivity contribution is -0.132. The van der Waals surface area contributed by atoms with Crippen LogP contribution in [-0.4, -0.2) is 58.8 Å². The van der Waals surface area contributed by atoms with Crippen LogP contribution in [0.25, 0.3) is 0 Å². The molecule has 1 fully saturated rings. The standard InChI is InChI=1S/C24H33N3O2/c1-18-15-21(19(2)27(18)24(3,4)5)22(28)17-25-11-13-26(14-12-25)23(29)16-20-9-7-6-8-10-20/h6-10,15H,11-14,16-17H2,1-5H3. The van der Waals surface area contributed by atoms with E-state index in [-0.39, 0.29) is 17.2 Å². The summed E-state index contributed by atoms with van der Waals surface area (Å²) in [5.41, 5.74) is 3.98. The highest BCUT2D eigenvalue weighted by Crippen LogP contribution is 2.25. The van der Waals surface area contributed by atoms with Crippen molar-refractivity contribution in [2.75, 3.05) is 32.7 Å². The van der Waals surface area contributed by atoms with Crippen molar-refractivity contribution in [1.29, 1.82) is 0 Å². The molecule has 0 spiro atoms. The second kappa shape index (κ2) is 8.54. The Morgan fingerprint density at radius 3 is 2.14 bits per heavy atom. The van der Waals surface area contributed by atoms with E-state index in [4.69, 9.17) is 0 Å². The van der Waals surface area contributed by atoms with Gasteiger partial charge < -0.3 is 9.47 Å².